The molecule has 138 valence electrons. The summed E-state index contributed by atoms with van der Waals surface area (Å²) in [6, 6.07) is 6.10. The van der Waals surface area contributed by atoms with Gasteiger partial charge in [0.25, 0.3) is 0 Å². The number of hydrogen-bond donors (Lipinski definition) is 3. The van der Waals surface area contributed by atoms with Crippen molar-refractivity contribution in [1.82, 2.24) is 0 Å². The molecule has 3 N–H and O–H groups in total. The van der Waals surface area contributed by atoms with E-state index in [0.717, 1.165) is 10.9 Å². The quantitative estimate of drug-likeness (QED) is 0.310. The Morgan fingerprint density at radius 2 is 2.00 bits per heavy atom. The van der Waals surface area contributed by atoms with Crippen LogP contribution in [0.2, 0.25) is 0 Å². The molecule has 2 aromatic rings. The number of ether oxygens (including phenoxy) is 2. The van der Waals surface area contributed by atoms with Crippen LogP contribution in [0.15, 0.2) is 38.6 Å². The molecule has 10 nitrogen and oxygen atoms in total. The van der Waals surface area contributed by atoms with Gasteiger partial charge in [0.1, 0.15) is 29.6 Å². The molecule has 0 bridgehead atoms. The Hall–Kier alpha value is -2.62. The lowest BCUT2D eigenvalue weighted by molar-refractivity contribution is -0.269. The lowest BCUT2D eigenvalue weighted by atomic mass is 9.99. The standard InChI is InChI=1S/C16H17N3O7/c1-7-4-12(20)25-10-5-8(2-3-9(7)10)24-16-15(23)14(22)13(21)11(26-16)6-18-19-17/h2-5,11,13-16,21-23H,6H2,1H3/t11-,13-,14+,15-,16-/m1/s1. The lowest BCUT2D eigenvalue weighted by Gasteiger charge is -2.39. The fourth-order valence-electron chi connectivity index (χ4n) is 2.79. The van der Waals surface area contributed by atoms with Crippen LogP contribution in [-0.2, 0) is 4.74 Å². The molecule has 10 heteroatoms. The molecule has 0 amide bonds. The van der Waals surface area contributed by atoms with Crippen LogP contribution < -0.4 is 10.4 Å². The van der Waals surface area contributed by atoms with Gasteiger partial charge in [0.05, 0.1) is 12.6 Å². The Morgan fingerprint density at radius 1 is 1.23 bits per heavy atom. The van der Waals surface area contributed by atoms with Crippen LogP contribution in [0.3, 0.4) is 0 Å². The van der Waals surface area contributed by atoms with Gasteiger partial charge in [0, 0.05) is 22.4 Å². The van der Waals surface area contributed by atoms with Gasteiger partial charge in [-0.25, -0.2) is 4.79 Å². The first kappa shape index (κ1) is 18.2. The van der Waals surface area contributed by atoms with Crippen molar-refractivity contribution in [2.45, 2.75) is 37.6 Å². The Bertz CT molecular complexity index is 908. The van der Waals surface area contributed by atoms with E-state index in [1.165, 1.54) is 12.1 Å². The molecular weight excluding hydrogens is 346 g/mol. The van der Waals surface area contributed by atoms with E-state index in [9.17, 15) is 20.1 Å². The first-order chi connectivity index (χ1) is 12.4. The number of fused-ring (bicyclic) bond motifs is 1. The second-order valence-electron chi connectivity index (χ2n) is 5.95. The highest BCUT2D eigenvalue weighted by Gasteiger charge is 2.44. The smallest absolute Gasteiger partial charge is 0.336 e. The lowest BCUT2D eigenvalue weighted by Crippen LogP contribution is -2.59. The molecule has 5 atom stereocenters. The van der Waals surface area contributed by atoms with Crippen molar-refractivity contribution >= 4 is 11.0 Å². The summed E-state index contributed by atoms with van der Waals surface area (Å²) in [6.07, 6.45) is -6.88. The van der Waals surface area contributed by atoms with Gasteiger partial charge in [0.15, 0.2) is 0 Å². The summed E-state index contributed by atoms with van der Waals surface area (Å²) < 4.78 is 16.1. The molecule has 26 heavy (non-hydrogen) atoms. The van der Waals surface area contributed by atoms with Crippen LogP contribution >= 0.6 is 0 Å². The van der Waals surface area contributed by atoms with Crippen molar-refractivity contribution in [3.05, 3.63) is 50.7 Å². The SMILES string of the molecule is Cc1cc(=O)oc2cc(O[C@@H]3O[C@H](CN=[N+]=[N-])[C@@H](O)[C@H](O)[C@H]3O)ccc12. The number of aliphatic hydroxyl groups excluding tert-OH is 3. The van der Waals surface area contributed by atoms with Gasteiger partial charge in [-0.3, -0.25) is 0 Å². The summed E-state index contributed by atoms with van der Waals surface area (Å²) in [6.45, 7) is 1.53. The van der Waals surface area contributed by atoms with Crippen LogP contribution in [0, 0.1) is 6.92 Å². The van der Waals surface area contributed by atoms with Crippen molar-refractivity contribution in [2.24, 2.45) is 5.11 Å². The van der Waals surface area contributed by atoms with Crippen LogP contribution in [0.5, 0.6) is 5.75 Å². The van der Waals surface area contributed by atoms with Gasteiger partial charge in [0.2, 0.25) is 6.29 Å². The Kier molecular flexibility index (Phi) is 5.12. The van der Waals surface area contributed by atoms with E-state index < -0.39 is 36.3 Å². The molecule has 3 rings (SSSR count). The maximum Gasteiger partial charge on any atom is 0.336 e. The molecule has 1 aromatic carbocycles. The number of aryl methyl sites for hydroxylation is 1. The Morgan fingerprint density at radius 3 is 2.73 bits per heavy atom. The number of azide groups is 1. The molecule has 1 aliphatic rings. The molecule has 0 saturated carbocycles. The Labute approximate surface area is 146 Å². The summed E-state index contributed by atoms with van der Waals surface area (Å²) in [5.74, 6) is 0.224. The van der Waals surface area contributed by atoms with Crippen molar-refractivity contribution in [3.8, 4) is 5.75 Å². The van der Waals surface area contributed by atoms with E-state index in [2.05, 4.69) is 10.0 Å². The average molecular weight is 363 g/mol. The molecule has 1 saturated heterocycles. The largest absolute Gasteiger partial charge is 0.462 e. The predicted molar refractivity (Wildman–Crippen MR) is 88.5 cm³/mol. The molecular formula is C16H17N3O7. The molecule has 0 aliphatic carbocycles. The van der Waals surface area contributed by atoms with E-state index in [4.69, 9.17) is 19.4 Å². The average Bonchev–Trinajstić information content (AvgIpc) is 2.60. The summed E-state index contributed by atoms with van der Waals surface area (Å²) in [4.78, 5) is 14.1. The van der Waals surface area contributed by atoms with E-state index in [-0.39, 0.29) is 12.3 Å². The number of nitrogens with zero attached hydrogens (tertiary/aromatic N) is 3. The second kappa shape index (κ2) is 7.32. The predicted octanol–water partition coefficient (Wildman–Crippen LogP) is 0.598. The summed E-state index contributed by atoms with van der Waals surface area (Å²) in [7, 11) is 0. The van der Waals surface area contributed by atoms with Gasteiger partial charge < -0.3 is 29.2 Å². The highest BCUT2D eigenvalue weighted by atomic mass is 16.7. The zero-order chi connectivity index (χ0) is 18.8. The maximum atomic E-state index is 11.5. The molecule has 0 spiro atoms. The highest BCUT2D eigenvalue weighted by molar-refractivity contribution is 5.81. The van der Waals surface area contributed by atoms with E-state index in [0.29, 0.717) is 5.58 Å². The zero-order valence-corrected chi connectivity index (χ0v) is 13.7. The van der Waals surface area contributed by atoms with Gasteiger partial charge >= 0.3 is 5.63 Å². The fraction of sp³-hybridized carbons (Fsp3) is 0.438. The van der Waals surface area contributed by atoms with Crippen molar-refractivity contribution < 1.29 is 29.2 Å². The van der Waals surface area contributed by atoms with Crippen LogP contribution in [0.25, 0.3) is 21.4 Å². The van der Waals surface area contributed by atoms with E-state index in [1.54, 1.807) is 19.1 Å². The van der Waals surface area contributed by atoms with Gasteiger partial charge in [-0.2, -0.15) is 0 Å². The minimum Gasteiger partial charge on any atom is -0.462 e. The first-order valence-corrected chi connectivity index (χ1v) is 7.82. The van der Waals surface area contributed by atoms with Crippen LogP contribution in [0.1, 0.15) is 5.56 Å². The van der Waals surface area contributed by atoms with E-state index in [1.807, 2.05) is 0 Å². The highest BCUT2D eigenvalue weighted by Crippen LogP contribution is 2.27. The molecule has 1 aliphatic heterocycles. The monoisotopic (exact) mass is 363 g/mol. The second-order valence-corrected chi connectivity index (χ2v) is 5.95. The third kappa shape index (κ3) is 3.50. The summed E-state index contributed by atoms with van der Waals surface area (Å²) in [5, 5.41) is 34.0. The molecule has 0 radical (unpaired) electrons. The Balaban J connectivity index is 1.85. The van der Waals surface area contributed by atoms with Gasteiger partial charge in [-0.15, -0.1) is 0 Å². The maximum absolute atomic E-state index is 11.5. The minimum absolute atomic E-state index is 0.224. The third-order valence-electron chi connectivity index (χ3n) is 4.17. The number of benzene rings is 1. The van der Waals surface area contributed by atoms with Crippen molar-refractivity contribution in [3.63, 3.8) is 0 Å². The van der Waals surface area contributed by atoms with Gasteiger partial charge in [-0.1, -0.05) is 5.11 Å². The molecule has 1 aromatic heterocycles. The molecule has 0 unspecified atom stereocenters. The fourth-order valence-corrected chi connectivity index (χ4v) is 2.79. The van der Waals surface area contributed by atoms with Crippen molar-refractivity contribution in [1.29, 1.82) is 0 Å². The molecule has 1 fully saturated rings. The van der Waals surface area contributed by atoms with Crippen LogP contribution in [0.4, 0.5) is 0 Å². The van der Waals surface area contributed by atoms with Crippen LogP contribution in [-0.4, -0.2) is 52.6 Å². The van der Waals surface area contributed by atoms with Crippen molar-refractivity contribution in [2.75, 3.05) is 6.54 Å². The normalized spacial score (nSPS) is 28.5. The first-order valence-electron chi connectivity index (χ1n) is 7.82. The minimum atomic E-state index is -1.55. The summed E-state index contributed by atoms with van der Waals surface area (Å²) >= 11 is 0. The summed E-state index contributed by atoms with van der Waals surface area (Å²) in [5.41, 5.74) is 8.92. The number of aliphatic hydroxyl groups is 3. The van der Waals surface area contributed by atoms with Gasteiger partial charge in [-0.05, 0) is 30.2 Å². The third-order valence-corrected chi connectivity index (χ3v) is 4.17. The zero-order valence-electron chi connectivity index (χ0n) is 13.7. The van der Waals surface area contributed by atoms with E-state index >= 15 is 0 Å². The topological polar surface area (TPSA) is 158 Å². The number of rotatable bonds is 4. The molecule has 2 heterocycles. The number of hydrogen-bond acceptors (Lipinski definition) is 8.